The van der Waals surface area contributed by atoms with Crippen molar-refractivity contribution in [3.05, 3.63) is 88.9 Å². The summed E-state index contributed by atoms with van der Waals surface area (Å²) in [5.41, 5.74) is 3.27. The third-order valence-corrected chi connectivity index (χ3v) is 6.19. The van der Waals surface area contributed by atoms with Gasteiger partial charge in [-0.05, 0) is 47.5 Å². The van der Waals surface area contributed by atoms with Gasteiger partial charge in [0.1, 0.15) is 6.04 Å². The molecule has 0 unspecified atom stereocenters. The van der Waals surface area contributed by atoms with Crippen molar-refractivity contribution in [3.8, 4) is 11.1 Å². The third-order valence-electron chi connectivity index (χ3n) is 5.94. The number of piperazine rings is 1. The van der Waals surface area contributed by atoms with Crippen LogP contribution in [0.15, 0.2) is 72.8 Å². The fraction of sp³-hybridized carbons (Fsp3) is 0.160. The van der Waals surface area contributed by atoms with E-state index in [1.165, 1.54) is 0 Å². The molecule has 2 aliphatic heterocycles. The quantitative estimate of drug-likeness (QED) is 0.649. The number of hydrogen-bond donors (Lipinski definition) is 1. The van der Waals surface area contributed by atoms with E-state index in [1.807, 2.05) is 24.3 Å². The highest BCUT2D eigenvalue weighted by Crippen LogP contribution is 2.31. The van der Waals surface area contributed by atoms with Gasteiger partial charge in [0.15, 0.2) is 0 Å². The summed E-state index contributed by atoms with van der Waals surface area (Å²) < 4.78 is 0. The first-order valence-corrected chi connectivity index (χ1v) is 10.8. The second-order valence-corrected chi connectivity index (χ2v) is 8.32. The number of benzene rings is 3. The first kappa shape index (κ1) is 20.3. The summed E-state index contributed by atoms with van der Waals surface area (Å²) in [6.45, 7) is 0.818. The fourth-order valence-electron chi connectivity index (χ4n) is 4.22. The number of fused-ring (bicyclic) bond motifs is 2. The second-order valence-electron chi connectivity index (χ2n) is 7.89. The molecule has 3 amide bonds. The highest BCUT2D eigenvalue weighted by Gasteiger charge is 2.40. The number of nitrogens with one attached hydrogen (secondary N) is 1. The summed E-state index contributed by atoms with van der Waals surface area (Å²) in [6, 6.07) is 21.0. The first-order valence-electron chi connectivity index (χ1n) is 10.4. The monoisotopic (exact) mass is 445 g/mol. The van der Waals surface area contributed by atoms with Gasteiger partial charge in [0.2, 0.25) is 5.91 Å². The molecule has 0 spiro atoms. The zero-order valence-electron chi connectivity index (χ0n) is 17.1. The van der Waals surface area contributed by atoms with Gasteiger partial charge in [0, 0.05) is 23.7 Å². The zero-order valence-corrected chi connectivity index (χ0v) is 17.9. The lowest BCUT2D eigenvalue weighted by atomic mass is 10.0. The molecule has 2 aliphatic rings. The number of carbonyl (C=O) groups excluding carboxylic acids is 3. The Hall–Kier alpha value is -3.64. The standard InChI is InChI=1S/C25H20ClN3O3/c26-19-9-6-16(7-10-19)18-8-11-21-20(14-18)25(32)29-13-12-28(15-22(29)23(30)27-21)24(31)17-4-2-1-3-5-17/h1-11,14,22H,12-13,15H2,(H,27,30)/t22-/m1/s1. The molecular weight excluding hydrogens is 426 g/mol. The SMILES string of the molecule is O=C1Nc2ccc(-c3ccc(Cl)cc3)cc2C(=O)N2CCN(C(=O)c3ccccc3)C[C@H]12. The maximum atomic E-state index is 13.4. The molecule has 0 aliphatic carbocycles. The van der Waals surface area contributed by atoms with Crippen molar-refractivity contribution in [2.45, 2.75) is 6.04 Å². The molecule has 3 aromatic rings. The third kappa shape index (κ3) is 3.63. The number of rotatable bonds is 2. The van der Waals surface area contributed by atoms with E-state index >= 15 is 0 Å². The maximum absolute atomic E-state index is 13.4. The minimum absolute atomic E-state index is 0.141. The molecule has 0 aromatic heterocycles. The van der Waals surface area contributed by atoms with Gasteiger partial charge < -0.3 is 15.1 Å². The first-order chi connectivity index (χ1) is 15.5. The van der Waals surface area contributed by atoms with Gasteiger partial charge in [0.05, 0.1) is 17.8 Å². The Balaban J connectivity index is 1.43. The predicted molar refractivity (Wildman–Crippen MR) is 123 cm³/mol. The van der Waals surface area contributed by atoms with E-state index < -0.39 is 6.04 Å². The highest BCUT2D eigenvalue weighted by molar-refractivity contribution is 6.30. The summed E-state index contributed by atoms with van der Waals surface area (Å²) in [4.78, 5) is 42.5. The molecule has 1 fully saturated rings. The number of amides is 3. The van der Waals surface area contributed by atoms with E-state index in [0.29, 0.717) is 34.9 Å². The van der Waals surface area contributed by atoms with Crippen molar-refractivity contribution in [3.63, 3.8) is 0 Å². The molecule has 7 heteroatoms. The van der Waals surface area contributed by atoms with Gasteiger partial charge in [0.25, 0.3) is 11.8 Å². The maximum Gasteiger partial charge on any atom is 0.256 e. The van der Waals surface area contributed by atoms with Crippen LogP contribution in [-0.4, -0.2) is 53.2 Å². The molecule has 160 valence electrons. The fourth-order valence-corrected chi connectivity index (χ4v) is 4.35. The molecule has 5 rings (SSSR count). The Morgan fingerprint density at radius 3 is 2.38 bits per heavy atom. The van der Waals surface area contributed by atoms with E-state index in [2.05, 4.69) is 5.32 Å². The molecule has 0 saturated carbocycles. The van der Waals surface area contributed by atoms with E-state index in [-0.39, 0.29) is 24.3 Å². The summed E-state index contributed by atoms with van der Waals surface area (Å²) in [7, 11) is 0. The van der Waals surface area contributed by atoms with Gasteiger partial charge in [-0.1, -0.05) is 48.0 Å². The van der Waals surface area contributed by atoms with Gasteiger partial charge >= 0.3 is 0 Å². The Bertz CT molecular complexity index is 1210. The van der Waals surface area contributed by atoms with Crippen molar-refractivity contribution < 1.29 is 14.4 Å². The van der Waals surface area contributed by atoms with Crippen LogP contribution in [0.1, 0.15) is 20.7 Å². The lowest BCUT2D eigenvalue weighted by Crippen LogP contribution is -2.59. The molecule has 3 aromatic carbocycles. The van der Waals surface area contributed by atoms with Crippen LogP contribution in [0, 0.1) is 0 Å². The lowest BCUT2D eigenvalue weighted by molar-refractivity contribution is -0.121. The van der Waals surface area contributed by atoms with E-state index in [4.69, 9.17) is 11.6 Å². The van der Waals surface area contributed by atoms with Gasteiger partial charge in [-0.3, -0.25) is 14.4 Å². The van der Waals surface area contributed by atoms with Crippen molar-refractivity contribution in [1.82, 2.24) is 9.80 Å². The smallest absolute Gasteiger partial charge is 0.256 e. The minimum atomic E-state index is -0.740. The number of nitrogens with zero attached hydrogens (tertiary/aromatic N) is 2. The molecule has 1 N–H and O–H groups in total. The highest BCUT2D eigenvalue weighted by atomic mass is 35.5. The average molecular weight is 446 g/mol. The molecule has 1 saturated heterocycles. The van der Waals surface area contributed by atoms with E-state index in [9.17, 15) is 14.4 Å². The minimum Gasteiger partial charge on any atom is -0.334 e. The summed E-state index contributed by atoms with van der Waals surface area (Å²) >= 11 is 5.99. The van der Waals surface area contributed by atoms with Crippen molar-refractivity contribution >= 4 is 35.0 Å². The molecule has 2 heterocycles. The number of anilines is 1. The molecular formula is C25H20ClN3O3. The largest absolute Gasteiger partial charge is 0.334 e. The van der Waals surface area contributed by atoms with Crippen LogP contribution in [0.3, 0.4) is 0 Å². The lowest BCUT2D eigenvalue weighted by Gasteiger charge is -2.39. The topological polar surface area (TPSA) is 69.7 Å². The van der Waals surface area contributed by atoms with Crippen LogP contribution < -0.4 is 5.32 Å². The number of carbonyl (C=O) groups is 3. The molecule has 0 bridgehead atoms. The Morgan fingerprint density at radius 2 is 1.62 bits per heavy atom. The Labute approximate surface area is 190 Å². The average Bonchev–Trinajstić information content (AvgIpc) is 2.93. The normalized spacial score (nSPS) is 17.8. The molecule has 6 nitrogen and oxygen atoms in total. The Morgan fingerprint density at radius 1 is 0.906 bits per heavy atom. The summed E-state index contributed by atoms with van der Waals surface area (Å²) in [5, 5.41) is 3.52. The van der Waals surface area contributed by atoms with Crippen LogP contribution in [0.4, 0.5) is 5.69 Å². The van der Waals surface area contributed by atoms with E-state index in [0.717, 1.165) is 11.1 Å². The van der Waals surface area contributed by atoms with Crippen LogP contribution >= 0.6 is 11.6 Å². The van der Waals surface area contributed by atoms with Crippen LogP contribution in [0.2, 0.25) is 5.02 Å². The molecule has 1 atom stereocenters. The van der Waals surface area contributed by atoms with Gasteiger partial charge in [-0.25, -0.2) is 0 Å². The van der Waals surface area contributed by atoms with Crippen LogP contribution in [-0.2, 0) is 4.79 Å². The number of hydrogen-bond acceptors (Lipinski definition) is 3. The van der Waals surface area contributed by atoms with Gasteiger partial charge in [-0.2, -0.15) is 0 Å². The van der Waals surface area contributed by atoms with Gasteiger partial charge in [-0.15, -0.1) is 0 Å². The summed E-state index contributed by atoms with van der Waals surface area (Å²) in [5.74, 6) is -0.648. The van der Waals surface area contributed by atoms with Crippen LogP contribution in [0.25, 0.3) is 11.1 Å². The molecule has 0 radical (unpaired) electrons. The van der Waals surface area contributed by atoms with E-state index in [1.54, 1.807) is 58.3 Å². The zero-order chi connectivity index (χ0) is 22.2. The summed E-state index contributed by atoms with van der Waals surface area (Å²) in [6.07, 6.45) is 0. The number of halogens is 1. The van der Waals surface area contributed by atoms with Crippen LogP contribution in [0.5, 0.6) is 0 Å². The second kappa shape index (κ2) is 8.13. The van der Waals surface area contributed by atoms with Crippen molar-refractivity contribution in [2.24, 2.45) is 0 Å². The molecule has 32 heavy (non-hydrogen) atoms. The van der Waals surface area contributed by atoms with Crippen molar-refractivity contribution in [1.29, 1.82) is 0 Å². The van der Waals surface area contributed by atoms with Crippen molar-refractivity contribution in [2.75, 3.05) is 25.0 Å². The Kier molecular flexibility index (Phi) is 5.15. The predicted octanol–water partition coefficient (Wildman–Crippen LogP) is 3.93.